The minimum atomic E-state index is 0.333. The maximum Gasteiger partial charge on any atom is 0.140 e. The Kier molecular flexibility index (Phi) is 3.93. The van der Waals surface area contributed by atoms with E-state index < -0.39 is 0 Å². The topological polar surface area (TPSA) is 50.9 Å². The highest BCUT2D eigenvalue weighted by Gasteiger charge is 2.07. The SMILES string of the molecule is Cc1ccc(C(N)=S)c(Nc2cccc(Br)c2)n1. The van der Waals surface area contributed by atoms with E-state index in [1.54, 1.807) is 0 Å². The van der Waals surface area contributed by atoms with Gasteiger partial charge < -0.3 is 11.1 Å². The van der Waals surface area contributed by atoms with Crippen molar-refractivity contribution in [3.8, 4) is 0 Å². The first kappa shape index (κ1) is 13.0. The van der Waals surface area contributed by atoms with E-state index in [9.17, 15) is 0 Å². The molecule has 0 saturated heterocycles. The summed E-state index contributed by atoms with van der Waals surface area (Å²) < 4.78 is 0.997. The number of pyridine rings is 1. The minimum Gasteiger partial charge on any atom is -0.389 e. The van der Waals surface area contributed by atoms with E-state index in [1.165, 1.54) is 0 Å². The van der Waals surface area contributed by atoms with E-state index in [-0.39, 0.29) is 0 Å². The van der Waals surface area contributed by atoms with E-state index in [0.717, 1.165) is 21.4 Å². The van der Waals surface area contributed by atoms with Crippen LogP contribution >= 0.6 is 28.1 Å². The Labute approximate surface area is 120 Å². The Morgan fingerprint density at radius 2 is 2.11 bits per heavy atom. The molecule has 0 aliphatic carbocycles. The van der Waals surface area contributed by atoms with E-state index in [2.05, 4.69) is 26.2 Å². The second-order valence-corrected chi connectivity index (χ2v) is 5.20. The molecule has 0 aliphatic rings. The number of rotatable bonds is 3. The van der Waals surface area contributed by atoms with Gasteiger partial charge in [-0.3, -0.25) is 0 Å². The fraction of sp³-hybridized carbons (Fsp3) is 0.0769. The maximum absolute atomic E-state index is 5.69. The van der Waals surface area contributed by atoms with Crippen LogP contribution < -0.4 is 11.1 Å². The van der Waals surface area contributed by atoms with E-state index >= 15 is 0 Å². The first-order valence-electron chi connectivity index (χ1n) is 5.36. The quantitative estimate of drug-likeness (QED) is 0.849. The van der Waals surface area contributed by atoms with Crippen LogP contribution in [0.4, 0.5) is 11.5 Å². The smallest absolute Gasteiger partial charge is 0.140 e. The number of nitrogens with zero attached hydrogens (tertiary/aromatic N) is 1. The van der Waals surface area contributed by atoms with Gasteiger partial charge in [0.2, 0.25) is 0 Å². The summed E-state index contributed by atoms with van der Waals surface area (Å²) in [6.07, 6.45) is 0. The third-order valence-electron chi connectivity index (χ3n) is 2.39. The fourth-order valence-electron chi connectivity index (χ4n) is 1.55. The average molecular weight is 322 g/mol. The largest absolute Gasteiger partial charge is 0.389 e. The Balaban J connectivity index is 2.39. The number of benzene rings is 1. The maximum atomic E-state index is 5.69. The highest BCUT2D eigenvalue weighted by Crippen LogP contribution is 2.22. The van der Waals surface area contributed by atoms with Gasteiger partial charge in [-0.25, -0.2) is 4.98 Å². The molecule has 0 unspecified atom stereocenters. The van der Waals surface area contributed by atoms with Gasteiger partial charge in [0.05, 0.1) is 5.56 Å². The first-order chi connectivity index (χ1) is 8.56. The normalized spacial score (nSPS) is 10.1. The molecule has 3 N–H and O–H groups in total. The molecule has 0 bridgehead atoms. The van der Waals surface area contributed by atoms with E-state index in [0.29, 0.717) is 10.8 Å². The van der Waals surface area contributed by atoms with Gasteiger partial charge in [-0.2, -0.15) is 0 Å². The lowest BCUT2D eigenvalue weighted by atomic mass is 10.2. The van der Waals surface area contributed by atoms with Crippen LogP contribution in [0, 0.1) is 6.92 Å². The van der Waals surface area contributed by atoms with Crippen molar-refractivity contribution < 1.29 is 0 Å². The van der Waals surface area contributed by atoms with Crippen molar-refractivity contribution >= 4 is 44.6 Å². The third-order valence-corrected chi connectivity index (χ3v) is 3.10. The Morgan fingerprint density at radius 1 is 1.33 bits per heavy atom. The number of hydrogen-bond acceptors (Lipinski definition) is 3. The van der Waals surface area contributed by atoms with Crippen LogP contribution in [0.3, 0.4) is 0 Å². The highest BCUT2D eigenvalue weighted by atomic mass is 79.9. The number of hydrogen-bond donors (Lipinski definition) is 2. The van der Waals surface area contributed by atoms with Crippen LogP contribution in [-0.4, -0.2) is 9.97 Å². The molecule has 3 nitrogen and oxygen atoms in total. The molecule has 0 fully saturated rings. The number of thiocarbonyl (C=S) groups is 1. The van der Waals surface area contributed by atoms with Gasteiger partial charge in [0, 0.05) is 15.9 Å². The van der Waals surface area contributed by atoms with Crippen molar-refractivity contribution in [3.05, 3.63) is 52.1 Å². The zero-order chi connectivity index (χ0) is 13.1. The molecule has 0 aliphatic heterocycles. The van der Waals surface area contributed by atoms with Gasteiger partial charge in [0.15, 0.2) is 0 Å². The molecular weight excluding hydrogens is 310 g/mol. The van der Waals surface area contributed by atoms with Crippen LogP contribution in [0.25, 0.3) is 0 Å². The molecule has 2 aromatic rings. The fourth-order valence-corrected chi connectivity index (χ4v) is 2.12. The molecule has 0 saturated carbocycles. The van der Waals surface area contributed by atoms with Crippen LogP contribution in [-0.2, 0) is 0 Å². The zero-order valence-electron chi connectivity index (χ0n) is 9.77. The molecule has 0 atom stereocenters. The van der Waals surface area contributed by atoms with Crippen molar-refractivity contribution in [2.24, 2.45) is 5.73 Å². The molecule has 5 heteroatoms. The Bertz CT molecular complexity index is 599. The predicted octanol–water partition coefficient (Wildman–Crippen LogP) is 3.53. The molecule has 0 amide bonds. The second kappa shape index (κ2) is 5.46. The zero-order valence-corrected chi connectivity index (χ0v) is 12.2. The lowest BCUT2D eigenvalue weighted by molar-refractivity contribution is 1.19. The predicted molar refractivity (Wildman–Crippen MR) is 82.3 cm³/mol. The van der Waals surface area contributed by atoms with E-state index in [1.807, 2.05) is 43.3 Å². The number of nitrogens with two attached hydrogens (primary N) is 1. The lowest BCUT2D eigenvalue weighted by Crippen LogP contribution is -2.13. The Hall–Kier alpha value is -1.46. The number of aryl methyl sites for hydroxylation is 1. The summed E-state index contributed by atoms with van der Waals surface area (Å²) in [6.45, 7) is 1.93. The monoisotopic (exact) mass is 321 g/mol. The lowest BCUT2D eigenvalue weighted by Gasteiger charge is -2.11. The van der Waals surface area contributed by atoms with Crippen molar-refractivity contribution in [3.63, 3.8) is 0 Å². The van der Waals surface area contributed by atoms with Gasteiger partial charge in [-0.1, -0.05) is 34.2 Å². The minimum absolute atomic E-state index is 0.333. The van der Waals surface area contributed by atoms with Crippen molar-refractivity contribution in [2.45, 2.75) is 6.92 Å². The van der Waals surface area contributed by atoms with Gasteiger partial charge in [0.25, 0.3) is 0 Å². The summed E-state index contributed by atoms with van der Waals surface area (Å²) in [5, 5.41) is 3.23. The van der Waals surface area contributed by atoms with Gasteiger partial charge in [-0.15, -0.1) is 0 Å². The van der Waals surface area contributed by atoms with Gasteiger partial charge in [-0.05, 0) is 37.3 Å². The van der Waals surface area contributed by atoms with Crippen LogP contribution in [0.1, 0.15) is 11.3 Å². The summed E-state index contributed by atoms with van der Waals surface area (Å²) in [6, 6.07) is 11.6. The highest BCUT2D eigenvalue weighted by molar-refractivity contribution is 9.10. The molecule has 1 heterocycles. The number of halogens is 1. The molecule has 18 heavy (non-hydrogen) atoms. The van der Waals surface area contributed by atoms with Crippen LogP contribution in [0.2, 0.25) is 0 Å². The number of nitrogens with one attached hydrogen (secondary N) is 1. The second-order valence-electron chi connectivity index (χ2n) is 3.85. The van der Waals surface area contributed by atoms with Crippen LogP contribution in [0.5, 0.6) is 0 Å². The van der Waals surface area contributed by atoms with E-state index in [4.69, 9.17) is 18.0 Å². The average Bonchev–Trinajstić information content (AvgIpc) is 2.28. The number of aromatic nitrogens is 1. The number of anilines is 2. The molecule has 0 radical (unpaired) electrons. The Morgan fingerprint density at radius 3 is 2.78 bits per heavy atom. The summed E-state index contributed by atoms with van der Waals surface area (Å²) in [7, 11) is 0. The molecule has 92 valence electrons. The van der Waals surface area contributed by atoms with Gasteiger partial charge in [0.1, 0.15) is 10.8 Å². The third kappa shape index (κ3) is 3.05. The van der Waals surface area contributed by atoms with Gasteiger partial charge >= 0.3 is 0 Å². The summed E-state index contributed by atoms with van der Waals surface area (Å²) in [5.74, 6) is 0.681. The van der Waals surface area contributed by atoms with Crippen molar-refractivity contribution in [1.82, 2.24) is 4.98 Å². The molecule has 1 aromatic heterocycles. The standard InChI is InChI=1S/C13H12BrN3S/c1-8-5-6-11(12(15)18)13(16-8)17-10-4-2-3-9(14)7-10/h2-7H,1H3,(H2,15,18)(H,16,17). The summed E-state index contributed by atoms with van der Waals surface area (Å²) >= 11 is 8.45. The van der Waals surface area contributed by atoms with Crippen molar-refractivity contribution in [2.75, 3.05) is 5.32 Å². The summed E-state index contributed by atoms with van der Waals surface area (Å²) in [5.41, 5.74) is 8.28. The molecule has 2 rings (SSSR count). The molecule has 0 spiro atoms. The molecule has 1 aromatic carbocycles. The van der Waals surface area contributed by atoms with Crippen molar-refractivity contribution in [1.29, 1.82) is 0 Å². The van der Waals surface area contributed by atoms with Crippen LogP contribution in [0.15, 0.2) is 40.9 Å². The first-order valence-corrected chi connectivity index (χ1v) is 6.56. The molecular formula is C13H12BrN3S. The summed E-state index contributed by atoms with van der Waals surface area (Å²) in [4.78, 5) is 4.76.